The van der Waals surface area contributed by atoms with Crippen LogP contribution in [0.25, 0.3) is 0 Å². The summed E-state index contributed by atoms with van der Waals surface area (Å²) in [4.78, 5) is 12.3. The molecule has 7 nitrogen and oxygen atoms in total. The highest BCUT2D eigenvalue weighted by Crippen LogP contribution is 2.14. The quantitative estimate of drug-likeness (QED) is 0.732. The fourth-order valence-corrected chi connectivity index (χ4v) is 3.06. The molecule has 0 radical (unpaired) electrons. The molecule has 2 aromatic rings. The summed E-state index contributed by atoms with van der Waals surface area (Å²) in [6.45, 7) is 0.387. The van der Waals surface area contributed by atoms with Crippen LogP contribution in [0.15, 0.2) is 53.4 Å². The van der Waals surface area contributed by atoms with Crippen molar-refractivity contribution >= 4 is 21.6 Å². The van der Waals surface area contributed by atoms with Crippen molar-refractivity contribution in [1.29, 1.82) is 5.26 Å². The number of methoxy groups -OCH3 is 1. The van der Waals surface area contributed by atoms with Gasteiger partial charge in [0.25, 0.3) is 5.91 Å². The van der Waals surface area contributed by atoms with Crippen molar-refractivity contribution in [2.75, 3.05) is 25.6 Å². The molecule has 130 valence electrons. The number of amides is 1. The first-order valence-corrected chi connectivity index (χ1v) is 8.85. The Morgan fingerprint density at radius 1 is 1.20 bits per heavy atom. The number of sulfonamides is 1. The second-order valence-electron chi connectivity index (χ2n) is 5.06. The number of anilines is 1. The molecule has 8 heteroatoms. The molecule has 1 amide bonds. The van der Waals surface area contributed by atoms with Gasteiger partial charge in [0.05, 0.1) is 23.1 Å². The molecule has 0 atom stereocenters. The summed E-state index contributed by atoms with van der Waals surface area (Å²) >= 11 is 0. The monoisotopic (exact) mass is 359 g/mol. The molecule has 0 aliphatic carbocycles. The Hall–Kier alpha value is -2.73. The van der Waals surface area contributed by atoms with Crippen LogP contribution in [0, 0.1) is 11.3 Å². The number of carbonyl (C=O) groups is 1. The van der Waals surface area contributed by atoms with Crippen LogP contribution in [0.3, 0.4) is 0 Å². The molecular formula is C17H17N3O4S. The second kappa shape index (κ2) is 8.39. The van der Waals surface area contributed by atoms with Gasteiger partial charge in [-0.1, -0.05) is 6.07 Å². The molecule has 0 heterocycles. The van der Waals surface area contributed by atoms with E-state index < -0.39 is 15.9 Å². The molecule has 2 N–H and O–H groups in total. The third-order valence-corrected chi connectivity index (χ3v) is 4.74. The van der Waals surface area contributed by atoms with E-state index >= 15 is 0 Å². The third-order valence-electron chi connectivity index (χ3n) is 3.28. The molecule has 0 bridgehead atoms. The Balaban J connectivity index is 2.14. The molecule has 0 fully saturated rings. The zero-order valence-electron chi connectivity index (χ0n) is 13.5. The highest BCUT2D eigenvalue weighted by atomic mass is 32.2. The Bertz CT molecular complexity index is 887. The van der Waals surface area contributed by atoms with E-state index in [1.165, 1.54) is 31.4 Å². The second-order valence-corrected chi connectivity index (χ2v) is 6.83. The van der Waals surface area contributed by atoms with Gasteiger partial charge in [-0.25, -0.2) is 13.1 Å². The van der Waals surface area contributed by atoms with Crippen LogP contribution >= 0.6 is 0 Å². The zero-order valence-corrected chi connectivity index (χ0v) is 14.3. The number of carbonyl (C=O) groups excluding carboxylic acids is 1. The van der Waals surface area contributed by atoms with Gasteiger partial charge in [0, 0.05) is 24.9 Å². The predicted molar refractivity (Wildman–Crippen MR) is 92.6 cm³/mol. The lowest BCUT2D eigenvalue weighted by molar-refractivity contribution is 0.102. The Morgan fingerprint density at radius 3 is 2.56 bits per heavy atom. The number of hydrogen-bond donors (Lipinski definition) is 2. The summed E-state index contributed by atoms with van der Waals surface area (Å²) in [6.07, 6.45) is 0. The molecule has 0 saturated carbocycles. The molecular weight excluding hydrogens is 342 g/mol. The summed E-state index contributed by atoms with van der Waals surface area (Å²) in [5.41, 5.74) is 1.20. The molecule has 2 aromatic carbocycles. The number of nitrogens with zero attached hydrogens (tertiary/aromatic N) is 1. The van der Waals surface area contributed by atoms with Gasteiger partial charge in [0.2, 0.25) is 10.0 Å². The fourth-order valence-electron chi connectivity index (χ4n) is 2.00. The van der Waals surface area contributed by atoms with Crippen LogP contribution in [0.1, 0.15) is 15.9 Å². The molecule has 0 saturated heterocycles. The van der Waals surface area contributed by atoms with Gasteiger partial charge in [-0.2, -0.15) is 5.26 Å². The summed E-state index contributed by atoms with van der Waals surface area (Å²) in [6, 6.07) is 14.1. The van der Waals surface area contributed by atoms with Gasteiger partial charge < -0.3 is 10.1 Å². The molecule has 0 spiro atoms. The SMILES string of the molecule is COCCNS(=O)(=O)c1cccc(C(=O)Nc2ccc(C#N)cc2)c1. The summed E-state index contributed by atoms with van der Waals surface area (Å²) in [7, 11) is -2.24. The summed E-state index contributed by atoms with van der Waals surface area (Å²) in [5, 5.41) is 11.4. The zero-order chi connectivity index (χ0) is 18.3. The largest absolute Gasteiger partial charge is 0.383 e. The van der Waals surface area contributed by atoms with Crippen LogP contribution in [0.4, 0.5) is 5.69 Å². The number of nitrogens with one attached hydrogen (secondary N) is 2. The first-order chi connectivity index (χ1) is 12.0. The highest BCUT2D eigenvalue weighted by Gasteiger charge is 2.16. The van der Waals surface area contributed by atoms with Gasteiger partial charge >= 0.3 is 0 Å². The minimum Gasteiger partial charge on any atom is -0.383 e. The van der Waals surface area contributed by atoms with E-state index in [4.69, 9.17) is 10.00 Å². The summed E-state index contributed by atoms with van der Waals surface area (Å²) in [5.74, 6) is -0.446. The van der Waals surface area contributed by atoms with Crippen molar-refractivity contribution in [1.82, 2.24) is 4.72 Å². The smallest absolute Gasteiger partial charge is 0.255 e. The molecule has 2 rings (SSSR count). The summed E-state index contributed by atoms with van der Waals surface area (Å²) < 4.78 is 31.6. The first kappa shape index (κ1) is 18.6. The Kier molecular flexibility index (Phi) is 6.25. The van der Waals surface area contributed by atoms with Crippen LogP contribution in [-0.4, -0.2) is 34.6 Å². The van der Waals surface area contributed by atoms with Gasteiger partial charge in [0.1, 0.15) is 0 Å². The van der Waals surface area contributed by atoms with E-state index in [1.807, 2.05) is 6.07 Å². The van der Waals surface area contributed by atoms with Crippen LogP contribution in [0.5, 0.6) is 0 Å². The van der Waals surface area contributed by atoms with E-state index in [1.54, 1.807) is 24.3 Å². The van der Waals surface area contributed by atoms with Crippen LogP contribution < -0.4 is 10.0 Å². The molecule has 0 aliphatic rings. The van der Waals surface area contributed by atoms with E-state index in [0.717, 1.165) is 0 Å². The average Bonchev–Trinajstić information content (AvgIpc) is 2.62. The topological polar surface area (TPSA) is 108 Å². The number of ether oxygens (including phenoxy) is 1. The van der Waals surface area contributed by atoms with Crippen molar-refractivity contribution in [2.45, 2.75) is 4.90 Å². The number of hydrogen-bond acceptors (Lipinski definition) is 5. The Morgan fingerprint density at radius 2 is 1.92 bits per heavy atom. The Labute approximate surface area is 146 Å². The van der Waals surface area contributed by atoms with Crippen molar-refractivity contribution < 1.29 is 17.9 Å². The van der Waals surface area contributed by atoms with Gasteiger partial charge in [0.15, 0.2) is 0 Å². The predicted octanol–water partition coefficient (Wildman–Crippen LogP) is 1.74. The number of rotatable bonds is 7. The fraction of sp³-hybridized carbons (Fsp3) is 0.176. The minimum absolute atomic E-state index is 0.00363. The normalized spacial score (nSPS) is 10.9. The van der Waals surface area contributed by atoms with Gasteiger partial charge in [-0.05, 0) is 42.5 Å². The van der Waals surface area contributed by atoms with Gasteiger partial charge in [-0.3, -0.25) is 4.79 Å². The number of benzene rings is 2. The van der Waals surface area contributed by atoms with Crippen molar-refractivity contribution in [3.05, 3.63) is 59.7 Å². The van der Waals surface area contributed by atoms with Crippen LogP contribution in [0.2, 0.25) is 0 Å². The standard InChI is InChI=1S/C17H17N3O4S/c1-24-10-9-19-25(22,23)16-4-2-3-14(11-16)17(21)20-15-7-5-13(12-18)6-8-15/h2-8,11,19H,9-10H2,1H3,(H,20,21). The lowest BCUT2D eigenvalue weighted by Gasteiger charge is -2.09. The maximum Gasteiger partial charge on any atom is 0.255 e. The first-order valence-electron chi connectivity index (χ1n) is 7.36. The average molecular weight is 359 g/mol. The highest BCUT2D eigenvalue weighted by molar-refractivity contribution is 7.89. The lowest BCUT2D eigenvalue weighted by Crippen LogP contribution is -2.27. The van der Waals surface area contributed by atoms with Crippen molar-refractivity contribution in [2.24, 2.45) is 0 Å². The third kappa shape index (κ3) is 5.12. The van der Waals surface area contributed by atoms with Crippen molar-refractivity contribution in [3.63, 3.8) is 0 Å². The van der Waals surface area contributed by atoms with Crippen LogP contribution in [-0.2, 0) is 14.8 Å². The van der Waals surface area contributed by atoms with E-state index in [-0.39, 0.29) is 23.6 Å². The maximum absolute atomic E-state index is 12.3. The molecule has 0 unspecified atom stereocenters. The molecule has 0 aromatic heterocycles. The minimum atomic E-state index is -3.72. The lowest BCUT2D eigenvalue weighted by atomic mass is 10.2. The van der Waals surface area contributed by atoms with Gasteiger partial charge in [-0.15, -0.1) is 0 Å². The molecule has 25 heavy (non-hydrogen) atoms. The van der Waals surface area contributed by atoms with Crippen molar-refractivity contribution in [3.8, 4) is 6.07 Å². The maximum atomic E-state index is 12.3. The van der Waals surface area contributed by atoms with E-state index in [9.17, 15) is 13.2 Å². The van der Waals surface area contributed by atoms with E-state index in [2.05, 4.69) is 10.0 Å². The molecule has 0 aliphatic heterocycles. The number of nitriles is 1. The van der Waals surface area contributed by atoms with E-state index in [0.29, 0.717) is 11.3 Å².